The van der Waals surface area contributed by atoms with Crippen molar-refractivity contribution in [3.63, 3.8) is 0 Å². The minimum Gasteiger partial charge on any atom is -0.336 e. The minimum absolute atomic E-state index is 0.0157. The smallest absolute Gasteiger partial charge is 0.244 e. The van der Waals surface area contributed by atoms with Crippen LogP contribution in [-0.2, 0) is 16.0 Å². The van der Waals surface area contributed by atoms with Crippen molar-refractivity contribution >= 4 is 29.1 Å². The first kappa shape index (κ1) is 19.7. The Balaban J connectivity index is 2.00. The highest BCUT2D eigenvalue weighted by Crippen LogP contribution is 2.21. The Labute approximate surface area is 151 Å². The molecule has 0 saturated heterocycles. The van der Waals surface area contributed by atoms with Crippen LogP contribution in [0.25, 0.3) is 0 Å². The monoisotopic (exact) mass is 388 g/mol. The average Bonchev–Trinajstić information content (AvgIpc) is 2.58. The molecular formula is C17H13ClF4N2O2. The number of nitrogens with one attached hydrogen (secondary N) is 1. The van der Waals surface area contributed by atoms with Crippen LogP contribution in [0.2, 0.25) is 5.02 Å². The summed E-state index contributed by atoms with van der Waals surface area (Å²) in [4.78, 5) is 24.9. The predicted molar refractivity (Wildman–Crippen MR) is 87.7 cm³/mol. The molecule has 1 N–H and O–H groups in total. The van der Waals surface area contributed by atoms with Gasteiger partial charge in [0.1, 0.15) is 5.82 Å². The molecule has 0 atom stereocenters. The zero-order chi connectivity index (χ0) is 19.4. The van der Waals surface area contributed by atoms with E-state index in [-0.39, 0.29) is 17.0 Å². The molecule has 0 fully saturated rings. The Bertz CT molecular complexity index is 841. The molecule has 2 amide bonds. The molecule has 26 heavy (non-hydrogen) atoms. The van der Waals surface area contributed by atoms with Crippen LogP contribution in [0.1, 0.15) is 5.56 Å². The van der Waals surface area contributed by atoms with Crippen LogP contribution >= 0.6 is 11.6 Å². The lowest BCUT2D eigenvalue weighted by Crippen LogP contribution is -2.36. The standard InChI is InChI=1S/C17H13ClF4N2O2/c1-24(15(26)7-9-10(18)3-2-4-11(9)19)8-14(25)23-13-6-5-12(20)16(21)17(13)22/h2-6H,7-8H2,1H3,(H,23,25). The number of hydrogen-bond donors (Lipinski definition) is 1. The molecule has 2 aromatic carbocycles. The summed E-state index contributed by atoms with van der Waals surface area (Å²) >= 11 is 5.84. The van der Waals surface area contributed by atoms with Crippen molar-refractivity contribution in [2.45, 2.75) is 6.42 Å². The Morgan fingerprint density at radius 3 is 2.38 bits per heavy atom. The Kier molecular flexibility index (Phi) is 6.20. The summed E-state index contributed by atoms with van der Waals surface area (Å²) in [6, 6.07) is 5.47. The van der Waals surface area contributed by atoms with E-state index >= 15 is 0 Å². The highest BCUT2D eigenvalue weighted by Gasteiger charge is 2.19. The molecule has 0 spiro atoms. The lowest BCUT2D eigenvalue weighted by molar-refractivity contribution is -0.132. The van der Waals surface area contributed by atoms with E-state index in [0.717, 1.165) is 17.0 Å². The number of anilines is 1. The van der Waals surface area contributed by atoms with Gasteiger partial charge >= 0.3 is 0 Å². The van der Waals surface area contributed by atoms with Gasteiger partial charge in [-0.15, -0.1) is 0 Å². The molecule has 0 saturated carbocycles. The van der Waals surface area contributed by atoms with Gasteiger partial charge in [0.2, 0.25) is 11.8 Å². The molecule has 0 bridgehead atoms. The van der Waals surface area contributed by atoms with Gasteiger partial charge in [-0.1, -0.05) is 17.7 Å². The number of nitrogens with zero attached hydrogens (tertiary/aromatic N) is 1. The molecule has 138 valence electrons. The van der Waals surface area contributed by atoms with E-state index in [4.69, 9.17) is 11.6 Å². The van der Waals surface area contributed by atoms with E-state index in [1.807, 2.05) is 5.32 Å². The molecule has 0 aliphatic rings. The fraction of sp³-hybridized carbons (Fsp3) is 0.176. The molecule has 0 aliphatic carbocycles. The molecule has 0 heterocycles. The number of carbonyl (C=O) groups is 2. The maximum absolute atomic E-state index is 13.7. The van der Waals surface area contributed by atoms with E-state index in [1.165, 1.54) is 19.2 Å². The predicted octanol–water partition coefficient (Wildman–Crippen LogP) is 3.54. The van der Waals surface area contributed by atoms with Crippen molar-refractivity contribution in [2.24, 2.45) is 0 Å². The summed E-state index contributed by atoms with van der Waals surface area (Å²) < 4.78 is 53.2. The van der Waals surface area contributed by atoms with E-state index in [0.29, 0.717) is 6.07 Å². The van der Waals surface area contributed by atoms with Crippen LogP contribution in [-0.4, -0.2) is 30.3 Å². The van der Waals surface area contributed by atoms with Crippen LogP contribution in [0, 0.1) is 23.3 Å². The topological polar surface area (TPSA) is 49.4 Å². The van der Waals surface area contributed by atoms with Crippen LogP contribution < -0.4 is 5.32 Å². The quantitative estimate of drug-likeness (QED) is 0.629. The van der Waals surface area contributed by atoms with E-state index < -0.39 is 47.3 Å². The fourth-order valence-electron chi connectivity index (χ4n) is 2.10. The van der Waals surface area contributed by atoms with Gasteiger partial charge in [0.15, 0.2) is 17.5 Å². The summed E-state index contributed by atoms with van der Waals surface area (Å²) in [6.07, 6.45) is -0.380. The number of carbonyl (C=O) groups excluding carboxylic acids is 2. The molecule has 0 aromatic heterocycles. The molecule has 0 unspecified atom stereocenters. The zero-order valence-electron chi connectivity index (χ0n) is 13.5. The van der Waals surface area contributed by atoms with Crippen LogP contribution in [0.15, 0.2) is 30.3 Å². The third-order valence-corrected chi connectivity index (χ3v) is 3.86. The van der Waals surface area contributed by atoms with Gasteiger partial charge in [-0.25, -0.2) is 17.6 Å². The van der Waals surface area contributed by atoms with Gasteiger partial charge in [-0.05, 0) is 24.3 Å². The molecular weight excluding hydrogens is 376 g/mol. The summed E-state index contributed by atoms with van der Waals surface area (Å²) in [5, 5.41) is 2.11. The maximum Gasteiger partial charge on any atom is 0.244 e. The SMILES string of the molecule is CN(CC(=O)Nc1ccc(F)c(F)c1F)C(=O)Cc1c(F)cccc1Cl. The zero-order valence-corrected chi connectivity index (χ0v) is 14.2. The molecule has 2 aromatic rings. The van der Waals surface area contributed by atoms with Crippen LogP contribution in [0.3, 0.4) is 0 Å². The number of hydrogen-bond acceptors (Lipinski definition) is 2. The molecule has 4 nitrogen and oxygen atoms in total. The lowest BCUT2D eigenvalue weighted by atomic mass is 10.1. The maximum atomic E-state index is 13.7. The van der Waals surface area contributed by atoms with Gasteiger partial charge in [0, 0.05) is 17.6 Å². The van der Waals surface area contributed by atoms with Crippen molar-refractivity contribution in [1.29, 1.82) is 0 Å². The van der Waals surface area contributed by atoms with Gasteiger partial charge in [-0.2, -0.15) is 0 Å². The normalized spacial score (nSPS) is 10.5. The Morgan fingerprint density at radius 1 is 1.04 bits per heavy atom. The lowest BCUT2D eigenvalue weighted by Gasteiger charge is -2.17. The third-order valence-electron chi connectivity index (χ3n) is 3.51. The summed E-state index contributed by atoms with van der Waals surface area (Å²) in [6.45, 7) is -0.511. The van der Waals surface area contributed by atoms with Crippen LogP contribution in [0.5, 0.6) is 0 Å². The molecule has 0 aliphatic heterocycles. The summed E-state index contributed by atoms with van der Waals surface area (Å²) in [5.41, 5.74) is -0.579. The summed E-state index contributed by atoms with van der Waals surface area (Å²) in [7, 11) is 1.28. The van der Waals surface area contributed by atoms with Gasteiger partial charge in [-0.3, -0.25) is 9.59 Å². The van der Waals surface area contributed by atoms with Crippen molar-refractivity contribution in [1.82, 2.24) is 4.90 Å². The summed E-state index contributed by atoms with van der Waals surface area (Å²) in [5.74, 6) is -6.78. The number of rotatable bonds is 5. The average molecular weight is 389 g/mol. The first-order valence-electron chi connectivity index (χ1n) is 7.31. The third kappa shape index (κ3) is 4.51. The molecule has 9 heteroatoms. The molecule has 2 rings (SSSR count). The van der Waals surface area contributed by atoms with E-state index in [1.54, 1.807) is 0 Å². The largest absolute Gasteiger partial charge is 0.336 e. The number of benzene rings is 2. The number of amides is 2. The second kappa shape index (κ2) is 8.18. The first-order valence-corrected chi connectivity index (χ1v) is 7.68. The van der Waals surface area contributed by atoms with Gasteiger partial charge in [0.25, 0.3) is 0 Å². The van der Waals surface area contributed by atoms with Crippen molar-refractivity contribution in [3.05, 3.63) is 64.2 Å². The number of likely N-dealkylation sites (N-methyl/N-ethyl adjacent to an activating group) is 1. The Hall–Kier alpha value is -2.61. The number of halogens is 5. The second-order valence-corrected chi connectivity index (χ2v) is 5.81. The first-order chi connectivity index (χ1) is 12.2. The van der Waals surface area contributed by atoms with Crippen LogP contribution in [0.4, 0.5) is 23.2 Å². The van der Waals surface area contributed by atoms with Gasteiger partial charge < -0.3 is 10.2 Å². The minimum atomic E-state index is -1.72. The Morgan fingerprint density at radius 2 is 1.73 bits per heavy atom. The van der Waals surface area contributed by atoms with Gasteiger partial charge in [0.05, 0.1) is 18.7 Å². The fourth-order valence-corrected chi connectivity index (χ4v) is 2.33. The van der Waals surface area contributed by atoms with Crippen molar-refractivity contribution in [2.75, 3.05) is 18.9 Å². The van der Waals surface area contributed by atoms with E-state index in [9.17, 15) is 27.2 Å². The second-order valence-electron chi connectivity index (χ2n) is 5.40. The highest BCUT2D eigenvalue weighted by molar-refractivity contribution is 6.31. The van der Waals surface area contributed by atoms with Crippen molar-refractivity contribution < 1.29 is 27.2 Å². The highest BCUT2D eigenvalue weighted by atomic mass is 35.5. The molecule has 0 radical (unpaired) electrons. The van der Waals surface area contributed by atoms with E-state index in [2.05, 4.69) is 0 Å². The van der Waals surface area contributed by atoms with Crippen molar-refractivity contribution in [3.8, 4) is 0 Å².